The van der Waals surface area contributed by atoms with Gasteiger partial charge in [-0.3, -0.25) is 4.79 Å². The molecule has 3 aromatic rings. The molecule has 0 spiro atoms. The summed E-state index contributed by atoms with van der Waals surface area (Å²) in [6, 6.07) is 11.3. The zero-order valence-electron chi connectivity index (χ0n) is 14.6. The molecular weight excluding hydrogens is 353 g/mol. The van der Waals surface area contributed by atoms with Crippen LogP contribution in [0.3, 0.4) is 0 Å². The number of nitrogens with zero attached hydrogens (tertiary/aromatic N) is 2. The number of aryl methyl sites for hydroxylation is 1. The van der Waals surface area contributed by atoms with E-state index in [4.69, 9.17) is 9.15 Å². The van der Waals surface area contributed by atoms with E-state index < -0.39 is 23.7 Å². The van der Waals surface area contributed by atoms with E-state index in [-0.39, 0.29) is 17.3 Å². The Bertz CT molecular complexity index is 969. The highest BCUT2D eigenvalue weighted by molar-refractivity contribution is 5.96. The van der Waals surface area contributed by atoms with E-state index in [0.717, 1.165) is 5.56 Å². The fourth-order valence-corrected chi connectivity index (χ4v) is 2.35. The van der Waals surface area contributed by atoms with Gasteiger partial charge >= 0.3 is 5.97 Å². The molecule has 1 atom stereocenters. The third-order valence-corrected chi connectivity index (χ3v) is 3.82. The van der Waals surface area contributed by atoms with Gasteiger partial charge in [0.05, 0.1) is 12.7 Å². The molecule has 0 aliphatic rings. The molecule has 0 fully saturated rings. The third kappa shape index (κ3) is 4.00. The van der Waals surface area contributed by atoms with E-state index in [9.17, 15) is 14.0 Å². The molecule has 8 heteroatoms. The van der Waals surface area contributed by atoms with Gasteiger partial charge in [0.2, 0.25) is 6.04 Å². The number of rotatable bonds is 5. The molecule has 1 amide bonds. The van der Waals surface area contributed by atoms with Gasteiger partial charge in [-0.15, -0.1) is 10.2 Å². The summed E-state index contributed by atoms with van der Waals surface area (Å²) in [6.45, 7) is 1.89. The molecule has 0 saturated heterocycles. The molecule has 0 saturated carbocycles. The maximum atomic E-state index is 13.9. The van der Waals surface area contributed by atoms with Crippen molar-refractivity contribution in [3.63, 3.8) is 0 Å². The second-order valence-corrected chi connectivity index (χ2v) is 5.72. The van der Waals surface area contributed by atoms with E-state index in [1.54, 1.807) is 30.3 Å². The lowest BCUT2D eigenvalue weighted by Crippen LogP contribution is -2.34. The van der Waals surface area contributed by atoms with E-state index in [1.807, 2.05) is 6.92 Å². The van der Waals surface area contributed by atoms with Crippen LogP contribution in [0.4, 0.5) is 4.39 Å². The molecule has 0 radical (unpaired) electrons. The minimum absolute atomic E-state index is 0.0877. The number of hydrogen-bond acceptors (Lipinski definition) is 6. The Balaban J connectivity index is 1.87. The zero-order chi connectivity index (χ0) is 19.4. The Morgan fingerprint density at radius 2 is 1.81 bits per heavy atom. The predicted octanol–water partition coefficient (Wildman–Crippen LogP) is 2.83. The number of halogens is 1. The van der Waals surface area contributed by atoms with Crippen LogP contribution in [0.25, 0.3) is 11.5 Å². The minimum atomic E-state index is -1.32. The Hall–Kier alpha value is -3.55. The Morgan fingerprint density at radius 3 is 2.48 bits per heavy atom. The monoisotopic (exact) mass is 369 g/mol. The number of amides is 1. The van der Waals surface area contributed by atoms with E-state index in [1.165, 1.54) is 25.3 Å². The highest BCUT2D eigenvalue weighted by Gasteiger charge is 2.30. The molecule has 1 heterocycles. The molecule has 0 bridgehead atoms. The van der Waals surface area contributed by atoms with Gasteiger partial charge in [0, 0.05) is 5.56 Å². The quantitative estimate of drug-likeness (QED) is 0.695. The van der Waals surface area contributed by atoms with Crippen LogP contribution in [0.1, 0.15) is 27.9 Å². The predicted molar refractivity (Wildman–Crippen MR) is 93.1 cm³/mol. The van der Waals surface area contributed by atoms with Crippen molar-refractivity contribution >= 4 is 11.9 Å². The van der Waals surface area contributed by atoms with Gasteiger partial charge in [-0.25, -0.2) is 9.18 Å². The highest BCUT2D eigenvalue weighted by atomic mass is 19.1. The number of carbonyl (C=O) groups excluding carboxylic acids is 2. The van der Waals surface area contributed by atoms with Crippen LogP contribution in [-0.2, 0) is 9.53 Å². The largest absolute Gasteiger partial charge is 0.467 e. The van der Waals surface area contributed by atoms with Crippen molar-refractivity contribution in [3.05, 3.63) is 71.4 Å². The average Bonchev–Trinajstić information content (AvgIpc) is 3.15. The summed E-state index contributed by atoms with van der Waals surface area (Å²) >= 11 is 0. The number of nitrogens with one attached hydrogen (secondary N) is 1. The molecule has 27 heavy (non-hydrogen) atoms. The maximum absolute atomic E-state index is 13.9. The van der Waals surface area contributed by atoms with Gasteiger partial charge in [0.15, 0.2) is 0 Å². The van der Waals surface area contributed by atoms with Crippen molar-refractivity contribution in [3.8, 4) is 11.5 Å². The van der Waals surface area contributed by atoms with Crippen molar-refractivity contribution in [2.24, 2.45) is 0 Å². The van der Waals surface area contributed by atoms with Crippen LogP contribution < -0.4 is 5.32 Å². The van der Waals surface area contributed by atoms with Crippen molar-refractivity contribution in [2.45, 2.75) is 13.0 Å². The minimum Gasteiger partial charge on any atom is -0.467 e. The van der Waals surface area contributed by atoms with Crippen molar-refractivity contribution in [2.75, 3.05) is 7.11 Å². The molecular formula is C19H16FN3O4. The summed E-state index contributed by atoms with van der Waals surface area (Å²) in [5, 5.41) is 10.0. The number of aromatic nitrogens is 2. The molecule has 1 aromatic heterocycles. The first-order valence-electron chi connectivity index (χ1n) is 8.03. The van der Waals surface area contributed by atoms with Crippen molar-refractivity contribution < 1.29 is 23.1 Å². The van der Waals surface area contributed by atoms with Gasteiger partial charge in [0.25, 0.3) is 17.7 Å². The van der Waals surface area contributed by atoms with Crippen LogP contribution in [0.15, 0.2) is 52.9 Å². The van der Waals surface area contributed by atoms with Gasteiger partial charge < -0.3 is 14.5 Å². The molecule has 2 aromatic carbocycles. The van der Waals surface area contributed by atoms with Crippen LogP contribution in [0, 0.1) is 12.7 Å². The number of benzene rings is 2. The Kier molecular flexibility index (Phi) is 5.25. The summed E-state index contributed by atoms with van der Waals surface area (Å²) in [7, 11) is 1.17. The Labute approximate surface area is 154 Å². The average molecular weight is 369 g/mol. The van der Waals surface area contributed by atoms with Crippen LogP contribution >= 0.6 is 0 Å². The smallest absolute Gasteiger partial charge is 0.338 e. The summed E-state index contributed by atoms with van der Waals surface area (Å²) in [5.41, 5.74) is 1.43. The SMILES string of the molecule is COC(=O)[C@H](NC(=O)c1ccc(C)cc1)c1nnc(-c2ccccc2F)o1. The fraction of sp³-hybridized carbons (Fsp3) is 0.158. The second kappa shape index (κ2) is 7.77. The summed E-state index contributed by atoms with van der Waals surface area (Å²) in [6.07, 6.45) is 0. The van der Waals surface area contributed by atoms with Gasteiger partial charge in [-0.2, -0.15) is 0 Å². The van der Waals surface area contributed by atoms with Crippen LogP contribution in [0.2, 0.25) is 0 Å². The molecule has 3 rings (SSSR count). The fourth-order valence-electron chi connectivity index (χ4n) is 2.35. The summed E-state index contributed by atoms with van der Waals surface area (Å²) < 4.78 is 24.0. The highest BCUT2D eigenvalue weighted by Crippen LogP contribution is 2.24. The molecule has 0 aliphatic carbocycles. The number of methoxy groups -OCH3 is 1. The first-order valence-corrected chi connectivity index (χ1v) is 8.03. The topological polar surface area (TPSA) is 94.3 Å². The zero-order valence-corrected chi connectivity index (χ0v) is 14.6. The third-order valence-electron chi connectivity index (χ3n) is 3.82. The number of ether oxygens (including phenoxy) is 1. The van der Waals surface area contributed by atoms with Crippen molar-refractivity contribution in [1.29, 1.82) is 0 Å². The lowest BCUT2D eigenvalue weighted by atomic mass is 10.1. The molecule has 0 unspecified atom stereocenters. The van der Waals surface area contributed by atoms with Crippen molar-refractivity contribution in [1.82, 2.24) is 15.5 Å². The normalized spacial score (nSPS) is 11.7. The maximum Gasteiger partial charge on any atom is 0.338 e. The lowest BCUT2D eigenvalue weighted by molar-refractivity contribution is -0.143. The standard InChI is InChI=1S/C19H16FN3O4/c1-11-7-9-12(10-8-11)16(24)21-15(19(25)26-2)18-23-22-17(27-18)13-5-3-4-6-14(13)20/h3-10,15H,1-2H3,(H,21,24)/t15-/m1/s1. The van der Waals surface area contributed by atoms with Crippen LogP contribution in [-0.4, -0.2) is 29.2 Å². The first-order chi connectivity index (χ1) is 13.0. The van der Waals surface area contributed by atoms with Crippen LogP contribution in [0.5, 0.6) is 0 Å². The molecule has 0 aliphatic heterocycles. The van der Waals surface area contributed by atoms with E-state index in [0.29, 0.717) is 5.56 Å². The molecule has 138 valence electrons. The van der Waals surface area contributed by atoms with Gasteiger partial charge in [-0.1, -0.05) is 29.8 Å². The second-order valence-electron chi connectivity index (χ2n) is 5.72. The van der Waals surface area contributed by atoms with Gasteiger partial charge in [0.1, 0.15) is 5.82 Å². The molecule has 7 nitrogen and oxygen atoms in total. The first kappa shape index (κ1) is 18.2. The number of hydrogen-bond donors (Lipinski definition) is 1. The number of esters is 1. The summed E-state index contributed by atoms with van der Waals surface area (Å²) in [4.78, 5) is 24.5. The summed E-state index contributed by atoms with van der Waals surface area (Å²) in [5.74, 6) is -2.18. The lowest BCUT2D eigenvalue weighted by Gasteiger charge is -2.13. The molecule has 1 N–H and O–H groups in total. The van der Waals surface area contributed by atoms with E-state index >= 15 is 0 Å². The van der Waals surface area contributed by atoms with E-state index in [2.05, 4.69) is 15.5 Å². The van der Waals surface area contributed by atoms with Gasteiger partial charge in [-0.05, 0) is 31.2 Å². The Morgan fingerprint density at radius 1 is 1.11 bits per heavy atom. The number of carbonyl (C=O) groups is 2.